The summed E-state index contributed by atoms with van der Waals surface area (Å²) in [5, 5.41) is 0.654. The van der Waals surface area contributed by atoms with Gasteiger partial charge < -0.3 is 15.6 Å². The number of rotatable bonds is 8. The Morgan fingerprint density at radius 1 is 1.22 bits per heavy atom. The van der Waals surface area contributed by atoms with Crippen LogP contribution < -0.4 is 5.73 Å². The summed E-state index contributed by atoms with van der Waals surface area (Å²) in [4.78, 5) is 35.2. The number of benzene rings is 2. The van der Waals surface area contributed by atoms with Gasteiger partial charge in [-0.25, -0.2) is 4.98 Å². The molecule has 1 aromatic heterocycles. The summed E-state index contributed by atoms with van der Waals surface area (Å²) in [6.07, 6.45) is 5.60. The van der Waals surface area contributed by atoms with Crippen molar-refractivity contribution in [2.45, 2.75) is 31.6 Å². The Morgan fingerprint density at radius 2 is 2.00 bits per heavy atom. The van der Waals surface area contributed by atoms with Crippen molar-refractivity contribution in [3.8, 4) is 0 Å². The van der Waals surface area contributed by atoms with Gasteiger partial charge in [0.1, 0.15) is 5.82 Å². The van der Waals surface area contributed by atoms with Crippen LogP contribution in [0.15, 0.2) is 36.4 Å². The lowest BCUT2D eigenvalue weighted by Gasteiger charge is -2.21. The highest BCUT2D eigenvalue weighted by Gasteiger charge is 2.25. The first-order valence-corrected chi connectivity index (χ1v) is 12.6. The Labute approximate surface area is 196 Å². The van der Waals surface area contributed by atoms with Gasteiger partial charge in [-0.1, -0.05) is 11.6 Å². The van der Waals surface area contributed by atoms with Gasteiger partial charge in [0.15, 0.2) is 0 Å². The predicted molar refractivity (Wildman–Crippen MR) is 131 cm³/mol. The molecule has 8 heteroatoms. The Morgan fingerprint density at radius 3 is 2.72 bits per heavy atom. The monoisotopic (exact) mass is 470 g/mol. The zero-order valence-corrected chi connectivity index (χ0v) is 19.6. The summed E-state index contributed by atoms with van der Waals surface area (Å²) in [7, 11) is 0. The smallest absolute Gasteiger partial charge is 0.254 e. The van der Waals surface area contributed by atoms with Gasteiger partial charge in [0, 0.05) is 35.2 Å². The van der Waals surface area contributed by atoms with Crippen molar-refractivity contribution >= 4 is 46.2 Å². The molecule has 0 bridgehead atoms. The molecule has 0 radical (unpaired) electrons. The number of primary amides is 1. The molecular weight excluding hydrogens is 444 g/mol. The number of carbonyl (C=O) groups is 2. The molecule has 6 nitrogen and oxygen atoms in total. The van der Waals surface area contributed by atoms with Crippen molar-refractivity contribution in [2.75, 3.05) is 25.1 Å². The van der Waals surface area contributed by atoms with Crippen LogP contribution in [0.2, 0.25) is 5.02 Å². The summed E-state index contributed by atoms with van der Waals surface area (Å²) in [6, 6.07) is 10.8. The molecule has 2 amide bonds. The third-order valence-electron chi connectivity index (χ3n) is 6.00. The highest BCUT2D eigenvalue weighted by molar-refractivity contribution is 7.98. The summed E-state index contributed by atoms with van der Waals surface area (Å²) >= 11 is 7.92. The van der Waals surface area contributed by atoms with Crippen LogP contribution in [0.5, 0.6) is 0 Å². The molecule has 1 aliphatic heterocycles. The minimum Gasteiger partial charge on any atom is -0.366 e. The molecule has 3 aromatic rings. The number of aromatic amines is 1. The third-order valence-corrected chi connectivity index (χ3v) is 6.88. The van der Waals surface area contributed by atoms with Crippen molar-refractivity contribution in [1.29, 1.82) is 0 Å². The lowest BCUT2D eigenvalue weighted by molar-refractivity contribution is 0.0791. The number of nitrogens with one attached hydrogen (secondary N) is 1. The number of nitrogens with zero attached hydrogens (tertiary/aromatic N) is 2. The molecule has 2 heterocycles. The maximum Gasteiger partial charge on any atom is 0.254 e. The maximum atomic E-state index is 13.2. The van der Waals surface area contributed by atoms with E-state index in [1.165, 1.54) is 0 Å². The first-order valence-electron chi connectivity index (χ1n) is 10.8. The number of imidazole rings is 1. The van der Waals surface area contributed by atoms with Crippen molar-refractivity contribution in [3.63, 3.8) is 0 Å². The number of likely N-dealkylation sites (tertiary alicyclic amines) is 1. The van der Waals surface area contributed by atoms with Crippen LogP contribution in [-0.2, 0) is 6.42 Å². The summed E-state index contributed by atoms with van der Waals surface area (Å²) in [6.45, 7) is 1.55. The standard InChI is InChI=1S/C24H27ClN4O2S/c1-32-11-8-16(23-27-20-7-5-18(25)14-21(20)28-23)13-17-12-15(22(26)30)4-6-19(17)24(31)29-9-2-3-10-29/h4-7,12,14,16H,2-3,8-11,13H2,1H3,(H2,26,30)(H,27,28)/t16-/m1/s1. The van der Waals surface area contributed by atoms with Gasteiger partial charge >= 0.3 is 0 Å². The summed E-state index contributed by atoms with van der Waals surface area (Å²) < 4.78 is 0. The topological polar surface area (TPSA) is 92.1 Å². The molecule has 1 atom stereocenters. The molecular formula is C24H27ClN4O2S. The van der Waals surface area contributed by atoms with E-state index in [1.54, 1.807) is 30.0 Å². The van der Waals surface area contributed by atoms with Crippen molar-refractivity contribution in [1.82, 2.24) is 14.9 Å². The average Bonchev–Trinajstić information content (AvgIpc) is 3.45. The Hall–Kier alpha value is -2.51. The van der Waals surface area contributed by atoms with Crippen LogP contribution in [-0.4, -0.2) is 51.8 Å². The molecule has 3 N–H and O–H groups in total. The van der Waals surface area contributed by atoms with Gasteiger partial charge in [0.05, 0.1) is 11.0 Å². The highest BCUT2D eigenvalue weighted by Crippen LogP contribution is 2.29. The lowest BCUT2D eigenvalue weighted by atomic mass is 9.91. The van der Waals surface area contributed by atoms with Crippen molar-refractivity contribution < 1.29 is 9.59 Å². The number of carbonyl (C=O) groups excluding carboxylic acids is 2. The van der Waals surface area contributed by atoms with Gasteiger partial charge in [-0.3, -0.25) is 9.59 Å². The predicted octanol–water partition coefficient (Wildman–Crippen LogP) is 4.63. The van der Waals surface area contributed by atoms with Crippen molar-refractivity contribution in [3.05, 3.63) is 63.9 Å². The molecule has 0 unspecified atom stereocenters. The van der Waals surface area contributed by atoms with E-state index in [4.69, 9.17) is 22.3 Å². The quantitative estimate of drug-likeness (QED) is 0.502. The van der Waals surface area contributed by atoms with Crippen LogP contribution in [0.3, 0.4) is 0 Å². The summed E-state index contributed by atoms with van der Waals surface area (Å²) in [5.74, 6) is 1.40. The first kappa shape index (κ1) is 22.7. The van der Waals surface area contributed by atoms with Crippen LogP contribution in [0.1, 0.15) is 57.3 Å². The molecule has 4 rings (SSSR count). The number of nitrogens with two attached hydrogens (primary N) is 1. The van der Waals surface area contributed by atoms with E-state index in [0.717, 1.165) is 60.5 Å². The zero-order chi connectivity index (χ0) is 22.7. The fraction of sp³-hybridized carbons (Fsp3) is 0.375. The van der Waals surface area contributed by atoms with Gasteiger partial charge in [-0.05, 0) is 79.7 Å². The van der Waals surface area contributed by atoms with Gasteiger partial charge in [0.2, 0.25) is 5.91 Å². The normalized spacial score (nSPS) is 14.8. The Kier molecular flexibility index (Phi) is 7.06. The second-order valence-electron chi connectivity index (χ2n) is 8.20. The number of H-pyrrole nitrogens is 1. The van der Waals surface area contributed by atoms with Gasteiger partial charge in [0.25, 0.3) is 5.91 Å². The molecule has 0 spiro atoms. The van der Waals surface area contributed by atoms with Crippen LogP contribution in [0.4, 0.5) is 0 Å². The second-order valence-corrected chi connectivity index (χ2v) is 9.62. The van der Waals surface area contributed by atoms with E-state index in [0.29, 0.717) is 22.6 Å². The Bertz CT molecular complexity index is 1140. The van der Waals surface area contributed by atoms with Crippen LogP contribution in [0, 0.1) is 0 Å². The highest BCUT2D eigenvalue weighted by atomic mass is 35.5. The first-order chi connectivity index (χ1) is 15.5. The summed E-state index contributed by atoms with van der Waals surface area (Å²) in [5.41, 5.74) is 9.19. The molecule has 2 aromatic carbocycles. The molecule has 0 aliphatic carbocycles. The molecule has 0 saturated carbocycles. The largest absolute Gasteiger partial charge is 0.366 e. The number of thioether (sulfide) groups is 1. The van der Waals surface area contributed by atoms with E-state index in [-0.39, 0.29) is 11.8 Å². The van der Waals surface area contributed by atoms with Crippen molar-refractivity contribution in [2.24, 2.45) is 5.73 Å². The molecule has 32 heavy (non-hydrogen) atoms. The van der Waals surface area contributed by atoms with E-state index in [2.05, 4.69) is 11.2 Å². The molecule has 168 valence electrons. The zero-order valence-electron chi connectivity index (χ0n) is 18.1. The van der Waals surface area contributed by atoms with Crippen LogP contribution >= 0.6 is 23.4 Å². The van der Waals surface area contributed by atoms with Gasteiger partial charge in [-0.15, -0.1) is 0 Å². The van der Waals surface area contributed by atoms with Gasteiger partial charge in [-0.2, -0.15) is 11.8 Å². The second kappa shape index (κ2) is 9.96. The van der Waals surface area contributed by atoms with E-state index in [1.807, 2.05) is 23.1 Å². The lowest BCUT2D eigenvalue weighted by Crippen LogP contribution is -2.29. The Balaban J connectivity index is 1.71. The molecule has 1 fully saturated rings. The number of amides is 2. The SMILES string of the molecule is CSCC[C@H](Cc1cc(C(N)=O)ccc1C(=O)N1CCCC1)c1nc2ccc(Cl)cc2[nH]1. The number of aromatic nitrogens is 2. The fourth-order valence-electron chi connectivity index (χ4n) is 4.27. The minimum absolute atomic E-state index is 0.0218. The number of hydrogen-bond donors (Lipinski definition) is 2. The number of hydrogen-bond acceptors (Lipinski definition) is 4. The number of halogens is 1. The minimum atomic E-state index is -0.495. The fourth-order valence-corrected chi connectivity index (χ4v) is 4.96. The van der Waals surface area contributed by atoms with E-state index < -0.39 is 5.91 Å². The average molecular weight is 471 g/mol. The number of fused-ring (bicyclic) bond motifs is 1. The third kappa shape index (κ3) is 4.94. The van der Waals surface area contributed by atoms with Crippen LogP contribution in [0.25, 0.3) is 11.0 Å². The maximum absolute atomic E-state index is 13.2. The van der Waals surface area contributed by atoms with E-state index in [9.17, 15) is 9.59 Å². The van der Waals surface area contributed by atoms with E-state index >= 15 is 0 Å². The molecule has 1 aliphatic rings. The molecule has 1 saturated heterocycles.